The number of phenolic OH excluding ortho intramolecular Hbond substituents is 1. The van der Waals surface area contributed by atoms with Crippen LogP contribution in [0.1, 0.15) is 28.4 Å². The number of aliphatic carboxylic acids is 1. The standard InChI is InChI=1S/C30H28Cl2N4O11/c1-2-35(9-22(39)40)7-17-26(41)19(31)5-15-23(14-3-4-21(33)25(34)24(14)30(43)44)16-6-20(32)27(42)18(29(16)47-28(15)17)8-36(10-45-12-37)11-46-13-38/h3-6,12-13,42H,2,7-11,33-34H2,1H3,(H,39,40)(H,43,44). The van der Waals surface area contributed by atoms with Crippen LogP contribution in [0, 0.1) is 0 Å². The summed E-state index contributed by atoms with van der Waals surface area (Å²) < 4.78 is 16.0. The molecule has 0 saturated carbocycles. The van der Waals surface area contributed by atoms with Gasteiger partial charge in [0.05, 0.1) is 44.7 Å². The van der Waals surface area contributed by atoms with E-state index in [9.17, 15) is 39.3 Å². The van der Waals surface area contributed by atoms with Crippen molar-refractivity contribution in [2.45, 2.75) is 20.0 Å². The number of fused-ring (bicyclic) bond motifs is 2. The number of likely N-dealkylation sites (N-methyl/N-ethyl adjacent to an activating group) is 1. The molecule has 2 aliphatic rings. The van der Waals surface area contributed by atoms with Crippen LogP contribution in [0.5, 0.6) is 5.75 Å². The number of ether oxygens (including phenoxy) is 2. The number of nitrogen functional groups attached to an aromatic ring is 2. The Morgan fingerprint density at radius 3 is 2.17 bits per heavy atom. The molecular weight excluding hydrogens is 663 g/mol. The average molecular weight is 691 g/mol. The summed E-state index contributed by atoms with van der Waals surface area (Å²) in [6.45, 7) is 0.386. The average Bonchev–Trinajstić information content (AvgIpc) is 3.02. The Hall–Kier alpha value is -5.09. The molecule has 248 valence electrons. The summed E-state index contributed by atoms with van der Waals surface area (Å²) in [5, 5.41) is 30.5. The van der Waals surface area contributed by atoms with Crippen molar-refractivity contribution < 1.29 is 48.4 Å². The summed E-state index contributed by atoms with van der Waals surface area (Å²) in [5.41, 5.74) is 10.8. The van der Waals surface area contributed by atoms with Crippen molar-refractivity contribution in [3.63, 3.8) is 0 Å². The van der Waals surface area contributed by atoms with Crippen molar-refractivity contribution in [1.29, 1.82) is 0 Å². The maximum Gasteiger partial charge on any atom is 0.338 e. The third-order valence-corrected chi connectivity index (χ3v) is 7.88. The molecule has 47 heavy (non-hydrogen) atoms. The number of aromatic carboxylic acids is 1. The van der Waals surface area contributed by atoms with E-state index in [1.165, 1.54) is 34.1 Å². The SMILES string of the molecule is CCN(CC(=O)O)Cc1c2oc3c(CN(COC=O)COC=O)c(O)c(Cl)cc3c(-c3ccc(N)c(N)c3C(=O)O)c-2cc(Cl)c1=O. The van der Waals surface area contributed by atoms with Crippen molar-refractivity contribution in [3.05, 3.63) is 61.2 Å². The Labute approximate surface area is 275 Å². The van der Waals surface area contributed by atoms with Crippen molar-refractivity contribution in [3.8, 4) is 28.2 Å². The number of carbonyl (C=O) groups is 4. The van der Waals surface area contributed by atoms with Gasteiger partial charge in [0.2, 0.25) is 5.43 Å². The van der Waals surface area contributed by atoms with E-state index in [0.29, 0.717) is 0 Å². The van der Waals surface area contributed by atoms with Gasteiger partial charge in [-0.25, -0.2) is 9.69 Å². The molecule has 1 aliphatic heterocycles. The third kappa shape index (κ3) is 7.02. The first kappa shape index (κ1) is 34.8. The second-order valence-electron chi connectivity index (χ2n) is 10.2. The van der Waals surface area contributed by atoms with Gasteiger partial charge < -0.3 is 40.7 Å². The molecule has 15 nitrogen and oxygen atoms in total. The second-order valence-corrected chi connectivity index (χ2v) is 11.0. The summed E-state index contributed by atoms with van der Waals surface area (Å²) in [6.07, 6.45) is 0. The fraction of sp³-hybridized carbons (Fsp3) is 0.233. The zero-order chi connectivity index (χ0) is 34.6. The van der Waals surface area contributed by atoms with Gasteiger partial charge >= 0.3 is 11.9 Å². The molecule has 0 amide bonds. The van der Waals surface area contributed by atoms with Gasteiger partial charge in [0.15, 0.2) is 0 Å². The molecule has 2 aromatic rings. The third-order valence-electron chi connectivity index (χ3n) is 7.31. The highest BCUT2D eigenvalue weighted by atomic mass is 35.5. The molecule has 0 radical (unpaired) electrons. The van der Waals surface area contributed by atoms with Gasteiger partial charge in [0, 0.05) is 29.6 Å². The van der Waals surface area contributed by atoms with Crippen LogP contribution in [0.15, 0.2) is 33.5 Å². The van der Waals surface area contributed by atoms with E-state index in [0.717, 1.165) is 0 Å². The Bertz CT molecular complexity index is 1900. The molecule has 0 bridgehead atoms. The normalized spacial score (nSPS) is 11.3. The van der Waals surface area contributed by atoms with Gasteiger partial charge in [-0.2, -0.15) is 0 Å². The fourth-order valence-corrected chi connectivity index (χ4v) is 5.61. The molecule has 0 unspecified atom stereocenters. The highest BCUT2D eigenvalue weighted by Gasteiger charge is 2.31. The molecule has 1 heterocycles. The van der Waals surface area contributed by atoms with Crippen LogP contribution in [0.25, 0.3) is 33.4 Å². The first-order valence-corrected chi connectivity index (χ1v) is 14.4. The van der Waals surface area contributed by atoms with Crippen molar-refractivity contribution in [1.82, 2.24) is 9.80 Å². The first-order chi connectivity index (χ1) is 22.3. The van der Waals surface area contributed by atoms with E-state index in [-0.39, 0.29) is 98.5 Å². The van der Waals surface area contributed by atoms with Gasteiger partial charge in [-0.1, -0.05) is 36.2 Å². The highest BCUT2D eigenvalue weighted by molar-refractivity contribution is 6.33. The summed E-state index contributed by atoms with van der Waals surface area (Å²) in [6, 6.07) is 5.36. The minimum atomic E-state index is -1.44. The molecule has 0 spiro atoms. The van der Waals surface area contributed by atoms with E-state index in [1.54, 1.807) is 6.92 Å². The van der Waals surface area contributed by atoms with Crippen LogP contribution in [0.2, 0.25) is 10.0 Å². The number of carbonyl (C=O) groups excluding carboxylic acids is 2. The Morgan fingerprint density at radius 1 is 0.957 bits per heavy atom. The number of halogens is 2. The number of nitrogens with two attached hydrogens (primary N) is 2. The smallest absolute Gasteiger partial charge is 0.338 e. The number of carboxylic acids is 2. The Kier molecular flexibility index (Phi) is 10.8. The lowest BCUT2D eigenvalue weighted by atomic mass is 9.87. The van der Waals surface area contributed by atoms with Gasteiger partial charge in [-0.15, -0.1) is 0 Å². The zero-order valence-corrected chi connectivity index (χ0v) is 26.1. The van der Waals surface area contributed by atoms with Crippen LogP contribution in [0.3, 0.4) is 0 Å². The Morgan fingerprint density at radius 2 is 1.60 bits per heavy atom. The number of benzene rings is 3. The highest BCUT2D eigenvalue weighted by Crippen LogP contribution is 2.48. The maximum atomic E-state index is 13.5. The molecule has 0 atom stereocenters. The molecule has 17 heteroatoms. The molecule has 1 aliphatic carbocycles. The summed E-state index contributed by atoms with van der Waals surface area (Å²) in [7, 11) is 0. The quantitative estimate of drug-likeness (QED) is 0.0520. The minimum Gasteiger partial charge on any atom is -0.506 e. The molecule has 2 aromatic carbocycles. The summed E-state index contributed by atoms with van der Waals surface area (Å²) in [5.74, 6) is -3.20. The predicted octanol–water partition coefficient (Wildman–Crippen LogP) is 3.41. The van der Waals surface area contributed by atoms with Gasteiger partial charge in [-0.3, -0.25) is 24.1 Å². The van der Waals surface area contributed by atoms with Crippen LogP contribution in [-0.4, -0.2) is 76.6 Å². The lowest BCUT2D eigenvalue weighted by molar-refractivity contribution is -0.142. The number of carboxylic acid groups (broad SMARTS) is 2. The molecule has 0 fully saturated rings. The fourth-order valence-electron chi connectivity index (χ4n) is 5.17. The number of anilines is 2. The lowest BCUT2D eigenvalue weighted by Crippen LogP contribution is -2.31. The zero-order valence-electron chi connectivity index (χ0n) is 24.6. The van der Waals surface area contributed by atoms with E-state index in [1.807, 2.05) is 0 Å². The van der Waals surface area contributed by atoms with Crippen LogP contribution in [0.4, 0.5) is 11.4 Å². The van der Waals surface area contributed by atoms with Crippen LogP contribution >= 0.6 is 23.2 Å². The summed E-state index contributed by atoms with van der Waals surface area (Å²) >= 11 is 12.9. The van der Waals surface area contributed by atoms with Crippen LogP contribution in [-0.2, 0) is 36.9 Å². The van der Waals surface area contributed by atoms with E-state index < -0.39 is 48.7 Å². The number of phenols is 1. The molecule has 0 saturated heterocycles. The second kappa shape index (κ2) is 14.6. The van der Waals surface area contributed by atoms with E-state index in [4.69, 9.17) is 48.6 Å². The topological polar surface area (TPSA) is 236 Å². The van der Waals surface area contributed by atoms with E-state index in [2.05, 4.69) is 0 Å². The molecule has 0 aromatic heterocycles. The molecule has 4 rings (SSSR count). The van der Waals surface area contributed by atoms with Crippen molar-refractivity contribution >= 4 is 70.4 Å². The maximum absolute atomic E-state index is 13.5. The monoisotopic (exact) mass is 690 g/mol. The van der Waals surface area contributed by atoms with E-state index >= 15 is 0 Å². The van der Waals surface area contributed by atoms with Gasteiger partial charge in [-0.05, 0) is 30.3 Å². The van der Waals surface area contributed by atoms with Crippen molar-refractivity contribution in [2.75, 3.05) is 38.0 Å². The number of nitrogens with zero attached hydrogens (tertiary/aromatic N) is 2. The van der Waals surface area contributed by atoms with Crippen molar-refractivity contribution in [2.24, 2.45) is 0 Å². The summed E-state index contributed by atoms with van der Waals surface area (Å²) in [4.78, 5) is 62.3. The first-order valence-electron chi connectivity index (χ1n) is 13.6. The lowest BCUT2D eigenvalue weighted by Gasteiger charge is -2.25. The molecule has 7 N–H and O–H groups in total. The van der Waals surface area contributed by atoms with Gasteiger partial charge in [0.25, 0.3) is 12.9 Å². The number of aromatic hydroxyl groups is 1. The minimum absolute atomic E-state index is 0.0201. The number of hydrogen-bond acceptors (Lipinski definition) is 13. The number of rotatable bonds is 15. The number of hydrogen-bond donors (Lipinski definition) is 5. The predicted molar refractivity (Wildman–Crippen MR) is 170 cm³/mol. The Balaban J connectivity index is 2.21. The van der Waals surface area contributed by atoms with Gasteiger partial charge in [0.1, 0.15) is 30.6 Å². The molecular formula is C30H28Cl2N4O11. The van der Waals surface area contributed by atoms with Crippen LogP contribution < -0.4 is 16.9 Å². The largest absolute Gasteiger partial charge is 0.506 e.